The number of nitrogens with one attached hydrogen (secondary N) is 2. The zero-order valence-corrected chi connectivity index (χ0v) is 9.73. The van der Waals surface area contributed by atoms with Crippen LogP contribution in [0, 0.1) is 0 Å². The van der Waals surface area contributed by atoms with Crippen molar-refractivity contribution < 1.29 is 14.3 Å². The van der Waals surface area contributed by atoms with Crippen molar-refractivity contribution >= 4 is 17.0 Å². The van der Waals surface area contributed by atoms with Crippen LogP contribution in [-0.4, -0.2) is 29.1 Å². The van der Waals surface area contributed by atoms with Gasteiger partial charge in [0.25, 0.3) is 0 Å². The Labute approximate surface area is 103 Å². The first kappa shape index (κ1) is 12.4. The summed E-state index contributed by atoms with van der Waals surface area (Å²) in [7, 11) is 0. The lowest BCUT2D eigenvalue weighted by Gasteiger charge is -2.04. The molecule has 2 aromatic rings. The molecule has 3 N–H and O–H groups in total. The van der Waals surface area contributed by atoms with Crippen LogP contribution in [0.1, 0.15) is 12.0 Å². The quantitative estimate of drug-likeness (QED) is 0.704. The number of hydrogen-bond donors (Lipinski definition) is 3. The van der Waals surface area contributed by atoms with E-state index < -0.39 is 5.76 Å². The lowest BCUT2D eigenvalue weighted by molar-refractivity contribution is -0.121. The van der Waals surface area contributed by atoms with Crippen molar-refractivity contribution in [1.82, 2.24) is 10.3 Å². The minimum Gasteiger partial charge on any atom is -0.408 e. The van der Waals surface area contributed by atoms with Crippen LogP contribution < -0.4 is 11.1 Å². The molecule has 0 fully saturated rings. The highest BCUT2D eigenvalue weighted by atomic mass is 16.4. The van der Waals surface area contributed by atoms with Gasteiger partial charge in [0.1, 0.15) is 0 Å². The van der Waals surface area contributed by atoms with E-state index in [1.54, 1.807) is 12.1 Å². The highest BCUT2D eigenvalue weighted by molar-refractivity contribution is 5.76. The lowest BCUT2D eigenvalue weighted by Crippen LogP contribution is -2.26. The number of benzene rings is 1. The Morgan fingerprint density at radius 3 is 3.06 bits per heavy atom. The number of oxazole rings is 1. The van der Waals surface area contributed by atoms with Gasteiger partial charge in [0.2, 0.25) is 5.91 Å². The van der Waals surface area contributed by atoms with Gasteiger partial charge in [-0.25, -0.2) is 4.79 Å². The Morgan fingerprint density at radius 2 is 2.28 bits per heavy atom. The molecule has 1 amide bonds. The van der Waals surface area contributed by atoms with E-state index in [9.17, 15) is 9.59 Å². The topological polar surface area (TPSA) is 95.3 Å². The van der Waals surface area contributed by atoms with E-state index in [4.69, 9.17) is 9.52 Å². The summed E-state index contributed by atoms with van der Waals surface area (Å²) in [5.41, 5.74) is 2.14. The Morgan fingerprint density at radius 1 is 1.44 bits per heavy atom. The average Bonchev–Trinajstić information content (AvgIpc) is 2.69. The summed E-state index contributed by atoms with van der Waals surface area (Å²) in [4.78, 5) is 24.6. The number of carbonyl (C=O) groups is 1. The number of aliphatic hydroxyl groups is 1. The molecular formula is C12H14N2O4. The molecule has 2 rings (SSSR count). The first-order valence-corrected chi connectivity index (χ1v) is 5.68. The standard InChI is InChI=1S/C12H14N2O4/c15-6-4-11(16)13-5-3-8-1-2-9-10(7-8)18-12(17)14-9/h1-2,7,15H,3-6H2,(H,13,16)(H,14,17). The maximum Gasteiger partial charge on any atom is 0.417 e. The molecule has 0 saturated carbocycles. The van der Waals surface area contributed by atoms with Gasteiger partial charge in [-0.3, -0.25) is 9.78 Å². The molecule has 18 heavy (non-hydrogen) atoms. The van der Waals surface area contributed by atoms with Crippen molar-refractivity contribution in [2.75, 3.05) is 13.2 Å². The smallest absolute Gasteiger partial charge is 0.408 e. The number of fused-ring (bicyclic) bond motifs is 1. The van der Waals surface area contributed by atoms with Crippen LogP contribution in [0.3, 0.4) is 0 Å². The highest BCUT2D eigenvalue weighted by Gasteiger charge is 2.03. The fraction of sp³-hybridized carbons (Fsp3) is 0.333. The number of aliphatic hydroxyl groups excluding tert-OH is 1. The van der Waals surface area contributed by atoms with Gasteiger partial charge >= 0.3 is 5.76 Å². The molecule has 6 nitrogen and oxygen atoms in total. The summed E-state index contributed by atoms with van der Waals surface area (Å²) in [5.74, 6) is -0.648. The van der Waals surface area contributed by atoms with Crippen LogP contribution in [0.15, 0.2) is 27.4 Å². The van der Waals surface area contributed by atoms with Crippen LogP contribution in [0.2, 0.25) is 0 Å². The molecule has 96 valence electrons. The van der Waals surface area contributed by atoms with Gasteiger partial charge < -0.3 is 14.8 Å². The number of aromatic amines is 1. The van der Waals surface area contributed by atoms with Crippen molar-refractivity contribution in [1.29, 1.82) is 0 Å². The van der Waals surface area contributed by atoms with Crippen LogP contribution in [0.5, 0.6) is 0 Å². The van der Waals surface area contributed by atoms with E-state index in [0.29, 0.717) is 24.1 Å². The highest BCUT2D eigenvalue weighted by Crippen LogP contribution is 2.12. The molecule has 0 aliphatic rings. The molecule has 0 aliphatic heterocycles. The minimum absolute atomic E-state index is 0.117. The van der Waals surface area contributed by atoms with Crippen LogP contribution in [0.25, 0.3) is 11.1 Å². The van der Waals surface area contributed by atoms with Gasteiger partial charge in [-0.15, -0.1) is 0 Å². The minimum atomic E-state index is -0.474. The molecule has 0 saturated heterocycles. The van der Waals surface area contributed by atoms with Crippen LogP contribution in [0.4, 0.5) is 0 Å². The molecule has 0 atom stereocenters. The SMILES string of the molecule is O=C(CCO)NCCc1ccc2[nH]c(=O)oc2c1. The Balaban J connectivity index is 1.95. The number of H-pyrrole nitrogens is 1. The van der Waals surface area contributed by atoms with Gasteiger partial charge in [-0.1, -0.05) is 6.07 Å². The third kappa shape index (κ3) is 2.98. The molecule has 1 heterocycles. The van der Waals surface area contributed by atoms with Crippen molar-refractivity contribution in [2.45, 2.75) is 12.8 Å². The number of hydrogen-bond acceptors (Lipinski definition) is 4. The second-order valence-corrected chi connectivity index (χ2v) is 3.92. The zero-order valence-electron chi connectivity index (χ0n) is 9.73. The number of amides is 1. The maximum absolute atomic E-state index is 11.1. The van der Waals surface area contributed by atoms with Gasteiger partial charge in [-0.05, 0) is 24.1 Å². The van der Waals surface area contributed by atoms with Gasteiger partial charge in [0.15, 0.2) is 5.58 Å². The number of carbonyl (C=O) groups excluding carboxylic acids is 1. The van der Waals surface area contributed by atoms with Gasteiger partial charge in [0.05, 0.1) is 12.1 Å². The predicted octanol–water partition coefficient (Wildman–Crippen LogP) is 0.162. The lowest BCUT2D eigenvalue weighted by atomic mass is 10.1. The van der Waals surface area contributed by atoms with Crippen molar-refractivity contribution in [3.05, 3.63) is 34.3 Å². The third-order valence-corrected chi connectivity index (χ3v) is 2.56. The molecule has 0 bridgehead atoms. The zero-order chi connectivity index (χ0) is 13.0. The Kier molecular flexibility index (Phi) is 3.78. The number of aromatic nitrogens is 1. The second kappa shape index (κ2) is 5.50. The fourth-order valence-corrected chi connectivity index (χ4v) is 1.68. The summed E-state index contributed by atoms with van der Waals surface area (Å²) < 4.78 is 4.94. The van der Waals surface area contributed by atoms with E-state index in [1.807, 2.05) is 6.07 Å². The van der Waals surface area contributed by atoms with Crippen LogP contribution in [-0.2, 0) is 11.2 Å². The second-order valence-electron chi connectivity index (χ2n) is 3.92. The summed E-state index contributed by atoms with van der Waals surface area (Å²) in [6.45, 7) is 0.339. The molecular weight excluding hydrogens is 236 g/mol. The van der Waals surface area contributed by atoms with Gasteiger partial charge in [0, 0.05) is 13.0 Å². The normalized spacial score (nSPS) is 10.7. The van der Waals surface area contributed by atoms with E-state index in [2.05, 4.69) is 10.3 Å². The average molecular weight is 250 g/mol. The molecule has 1 aromatic heterocycles. The maximum atomic E-state index is 11.1. The third-order valence-electron chi connectivity index (χ3n) is 2.56. The molecule has 6 heteroatoms. The summed E-state index contributed by atoms with van der Waals surface area (Å²) >= 11 is 0. The predicted molar refractivity (Wildman–Crippen MR) is 65.3 cm³/mol. The van der Waals surface area contributed by atoms with Crippen LogP contribution >= 0.6 is 0 Å². The Bertz CT molecular complexity index is 599. The summed E-state index contributed by atoms with van der Waals surface area (Å²) in [5, 5.41) is 11.3. The first-order chi connectivity index (χ1) is 8.69. The van der Waals surface area contributed by atoms with Gasteiger partial charge in [-0.2, -0.15) is 0 Å². The monoisotopic (exact) mass is 250 g/mol. The summed E-state index contributed by atoms with van der Waals surface area (Å²) in [6.07, 6.45) is 0.758. The van der Waals surface area contributed by atoms with E-state index >= 15 is 0 Å². The van der Waals surface area contributed by atoms with Crippen molar-refractivity contribution in [3.63, 3.8) is 0 Å². The number of rotatable bonds is 5. The van der Waals surface area contributed by atoms with Crippen molar-refractivity contribution in [3.8, 4) is 0 Å². The molecule has 1 aromatic carbocycles. The molecule has 0 aliphatic carbocycles. The first-order valence-electron chi connectivity index (χ1n) is 5.68. The van der Waals surface area contributed by atoms with E-state index in [-0.39, 0.29) is 18.9 Å². The Hall–Kier alpha value is -2.08. The van der Waals surface area contributed by atoms with E-state index in [0.717, 1.165) is 5.56 Å². The molecule has 0 spiro atoms. The molecule has 0 unspecified atom stereocenters. The van der Waals surface area contributed by atoms with Crippen molar-refractivity contribution in [2.24, 2.45) is 0 Å². The van der Waals surface area contributed by atoms with E-state index in [1.165, 1.54) is 0 Å². The molecule has 0 radical (unpaired) electrons. The fourth-order valence-electron chi connectivity index (χ4n) is 1.68. The summed E-state index contributed by atoms with van der Waals surface area (Å²) in [6, 6.07) is 5.41. The largest absolute Gasteiger partial charge is 0.417 e.